The van der Waals surface area contributed by atoms with Crippen molar-refractivity contribution >= 4 is 56.7 Å². The summed E-state index contributed by atoms with van der Waals surface area (Å²) in [5.74, 6) is 0.0465. The van der Waals surface area contributed by atoms with Gasteiger partial charge in [0, 0.05) is 23.5 Å². The van der Waals surface area contributed by atoms with Crippen molar-refractivity contribution in [1.82, 2.24) is 15.4 Å². The molecule has 6 rings (SSSR count). The van der Waals surface area contributed by atoms with Crippen LogP contribution in [0.3, 0.4) is 0 Å². The predicted molar refractivity (Wildman–Crippen MR) is 196 cm³/mol. The number of hydrogen-bond acceptors (Lipinski definition) is 14. The van der Waals surface area contributed by atoms with Gasteiger partial charge in [0.05, 0.1) is 5.54 Å². The van der Waals surface area contributed by atoms with Crippen LogP contribution in [0.1, 0.15) is 83.5 Å². The molecule has 1 aromatic heterocycles. The van der Waals surface area contributed by atoms with Crippen LogP contribution in [0.4, 0.5) is 5.13 Å². The first-order valence-electron chi connectivity index (χ1n) is 17.2. The van der Waals surface area contributed by atoms with Gasteiger partial charge >= 0.3 is 10.4 Å². The van der Waals surface area contributed by atoms with Crippen LogP contribution in [-0.4, -0.2) is 94.3 Å². The number of amidine groups is 1. The number of fused-ring (bicyclic) bond motifs is 1. The topological polar surface area (TPSA) is 284 Å². The fourth-order valence-electron chi connectivity index (χ4n) is 7.12. The highest BCUT2D eigenvalue weighted by Gasteiger charge is 2.58. The van der Waals surface area contributed by atoms with Crippen LogP contribution in [0.2, 0.25) is 0 Å². The maximum atomic E-state index is 13.3. The molecular weight excluding hydrogens is 733 g/mol. The molecule has 3 unspecified atom stereocenters. The number of benzene rings is 1. The molecule has 2 aromatic rings. The van der Waals surface area contributed by atoms with Crippen LogP contribution in [-0.2, 0) is 40.3 Å². The number of oxime groups is 1. The Labute approximate surface area is 312 Å². The standard InChI is InChI=1S/C30H40N8O8S2.C2H6.CH2O2/c1-15(21-6-4-17-8-18(5-7-22(17)44-21)25(32)34-13-16-9-30(10-16)11-19(31)12-30)45-37-23(20-14-47-28(33)35-20)26(39)36-24-27(40)38(29(24,2)3)46-48(41,42)43;1-2;2-1-3/h5,7-8,14-16,19,21,24H,4,6,9-13,31H2,1-3H3,(H2,32,34)(H2,33,35)(H,36,39)(H,41,42,43);1-2H3;1H,(H,2,3)/b37-23-;;. The van der Waals surface area contributed by atoms with Gasteiger partial charge < -0.3 is 37.2 Å². The van der Waals surface area contributed by atoms with E-state index in [2.05, 4.69) is 24.7 Å². The van der Waals surface area contributed by atoms with Gasteiger partial charge in [0.1, 0.15) is 29.4 Å². The highest BCUT2D eigenvalue weighted by Crippen LogP contribution is 2.58. The maximum Gasteiger partial charge on any atom is 0.418 e. The molecule has 4 aliphatic rings. The van der Waals surface area contributed by atoms with Gasteiger partial charge in [-0.3, -0.25) is 23.9 Å². The van der Waals surface area contributed by atoms with Crippen LogP contribution >= 0.6 is 11.3 Å². The number of carboxylic acid groups (broad SMARTS) is 1. The normalized spacial score (nSPS) is 26.4. The molecule has 53 heavy (non-hydrogen) atoms. The van der Waals surface area contributed by atoms with E-state index in [1.807, 2.05) is 32.0 Å². The number of anilines is 1. The second-order valence-corrected chi connectivity index (χ2v) is 15.7. The predicted octanol–water partition coefficient (Wildman–Crippen LogP) is 2.02. The summed E-state index contributed by atoms with van der Waals surface area (Å²) in [5, 5.41) is 15.6. The molecule has 0 radical (unpaired) electrons. The number of aromatic nitrogens is 1. The third kappa shape index (κ3) is 9.60. The summed E-state index contributed by atoms with van der Waals surface area (Å²) in [6.45, 7) is 9.11. The van der Waals surface area contributed by atoms with E-state index >= 15 is 0 Å². The molecule has 3 heterocycles. The number of nitrogens with zero attached hydrogens (tertiary/aromatic N) is 4. The molecule has 20 heteroatoms. The fourth-order valence-corrected chi connectivity index (χ4v) is 8.12. The van der Waals surface area contributed by atoms with Crippen molar-refractivity contribution in [2.75, 3.05) is 12.3 Å². The summed E-state index contributed by atoms with van der Waals surface area (Å²) < 4.78 is 41.9. The van der Waals surface area contributed by atoms with Gasteiger partial charge in [0.2, 0.25) is 0 Å². The molecular formula is C33H48N8O10S2. The lowest BCUT2D eigenvalue weighted by molar-refractivity contribution is -0.218. The molecule has 0 bridgehead atoms. The first-order chi connectivity index (χ1) is 24.9. The van der Waals surface area contributed by atoms with Gasteiger partial charge in [-0.1, -0.05) is 19.0 Å². The molecule has 1 saturated heterocycles. The summed E-state index contributed by atoms with van der Waals surface area (Å²) >= 11 is 1.08. The Balaban J connectivity index is 0.00000119. The van der Waals surface area contributed by atoms with Gasteiger partial charge in [-0.25, -0.2) is 4.98 Å². The number of aryl methyl sites for hydroxylation is 1. The van der Waals surface area contributed by atoms with Crippen molar-refractivity contribution in [3.63, 3.8) is 0 Å². The van der Waals surface area contributed by atoms with Crippen LogP contribution < -0.4 is 27.3 Å². The third-order valence-electron chi connectivity index (χ3n) is 9.62. The lowest BCUT2D eigenvalue weighted by atomic mass is 9.50. The molecule has 9 N–H and O–H groups in total. The molecule has 1 aromatic carbocycles. The largest absolute Gasteiger partial charge is 0.486 e. The second kappa shape index (κ2) is 16.8. The molecule has 2 saturated carbocycles. The number of nitrogen functional groups attached to an aromatic ring is 1. The average Bonchev–Trinajstić information content (AvgIpc) is 3.52. The lowest BCUT2D eigenvalue weighted by Crippen LogP contribution is -2.76. The van der Waals surface area contributed by atoms with Gasteiger partial charge in [0.15, 0.2) is 16.9 Å². The Kier molecular flexibility index (Phi) is 13.1. The number of hydrogen-bond donors (Lipinski definition) is 6. The molecule has 2 aliphatic heterocycles. The summed E-state index contributed by atoms with van der Waals surface area (Å²) in [4.78, 5) is 48.8. The van der Waals surface area contributed by atoms with Crippen molar-refractivity contribution in [3.05, 3.63) is 40.4 Å². The molecule has 292 valence electrons. The molecule has 2 amide bonds. The number of nitrogens with one attached hydrogen (secondary N) is 1. The van der Waals surface area contributed by atoms with Gasteiger partial charge in [-0.05, 0) is 94.4 Å². The minimum absolute atomic E-state index is 0.114. The van der Waals surface area contributed by atoms with E-state index in [1.54, 1.807) is 6.92 Å². The number of hydroxylamine groups is 2. The zero-order valence-corrected chi connectivity index (χ0v) is 31.9. The fraction of sp³-hybridized carbons (Fsp3) is 0.576. The van der Waals surface area contributed by atoms with Crippen molar-refractivity contribution in [2.45, 2.75) is 103 Å². The van der Waals surface area contributed by atoms with Crippen molar-refractivity contribution in [1.29, 1.82) is 0 Å². The molecule has 2 aliphatic carbocycles. The Morgan fingerprint density at radius 1 is 1.26 bits per heavy atom. The number of carbonyl (C=O) groups excluding carboxylic acids is 2. The summed E-state index contributed by atoms with van der Waals surface area (Å²) in [6, 6.07) is 4.91. The number of amides is 2. The minimum atomic E-state index is -4.96. The smallest absolute Gasteiger partial charge is 0.418 e. The van der Waals surface area contributed by atoms with Crippen molar-refractivity contribution in [2.24, 2.45) is 32.9 Å². The lowest BCUT2D eigenvalue weighted by Gasteiger charge is -2.56. The van der Waals surface area contributed by atoms with E-state index in [-0.39, 0.29) is 23.0 Å². The highest BCUT2D eigenvalue weighted by molar-refractivity contribution is 7.80. The Bertz CT molecular complexity index is 1820. The van der Waals surface area contributed by atoms with Crippen molar-refractivity contribution in [3.8, 4) is 5.75 Å². The van der Waals surface area contributed by atoms with Gasteiger partial charge in [-0.15, -0.1) is 15.6 Å². The Morgan fingerprint density at radius 3 is 2.49 bits per heavy atom. The highest BCUT2D eigenvalue weighted by atomic mass is 32.3. The molecule has 1 spiro atoms. The number of ether oxygens (including phenoxy) is 1. The summed E-state index contributed by atoms with van der Waals surface area (Å²) in [7, 11) is -4.96. The number of nitrogens with two attached hydrogens (primary N) is 3. The zero-order valence-electron chi connectivity index (χ0n) is 30.2. The van der Waals surface area contributed by atoms with E-state index in [9.17, 15) is 18.0 Å². The number of rotatable bonds is 11. The molecule has 3 atom stereocenters. The number of aliphatic imine (C=N–C) groups is 1. The number of carbonyl (C=O) groups is 3. The zero-order chi connectivity index (χ0) is 39.3. The van der Waals surface area contributed by atoms with Crippen LogP contribution in [0.15, 0.2) is 33.7 Å². The Hall–Kier alpha value is -4.37. The SMILES string of the molecule is CC.CC(O/N=C(\C(=O)NC1C(=O)N(OS(=O)(=O)O)C1(C)C)c1csc(N)n1)C1CCc2cc(C(N)=NCC3CC4(CC(N)C4)C3)ccc2O1.O=CO. The van der Waals surface area contributed by atoms with Crippen LogP contribution in [0.25, 0.3) is 0 Å². The van der Waals surface area contributed by atoms with Crippen LogP contribution in [0, 0.1) is 11.3 Å². The Morgan fingerprint density at radius 2 is 1.92 bits per heavy atom. The summed E-state index contributed by atoms with van der Waals surface area (Å²) in [5.41, 5.74) is 19.0. The van der Waals surface area contributed by atoms with Crippen molar-refractivity contribution < 1.29 is 46.3 Å². The van der Waals surface area contributed by atoms with E-state index in [4.69, 9.17) is 41.2 Å². The van der Waals surface area contributed by atoms with E-state index in [0.717, 1.165) is 41.9 Å². The van der Waals surface area contributed by atoms with E-state index in [0.29, 0.717) is 46.9 Å². The average molecular weight is 781 g/mol. The summed E-state index contributed by atoms with van der Waals surface area (Å²) in [6.07, 6.45) is 4.92. The number of thiazole rings is 1. The van der Waals surface area contributed by atoms with Gasteiger partial charge in [0.25, 0.3) is 18.3 Å². The molecule has 18 nitrogen and oxygen atoms in total. The minimum Gasteiger partial charge on any atom is -0.486 e. The van der Waals surface area contributed by atoms with E-state index < -0.39 is 46.0 Å². The maximum absolute atomic E-state index is 13.3. The molecule has 3 fully saturated rings. The third-order valence-corrected chi connectivity index (χ3v) is 10.6. The number of β-lactam (4-membered cyclic amide) rings is 1. The first kappa shape index (κ1) is 41.4. The van der Waals surface area contributed by atoms with Gasteiger partial charge in [-0.2, -0.15) is 13.5 Å². The quantitative estimate of drug-likeness (QED) is 0.0475. The van der Waals surface area contributed by atoms with E-state index in [1.165, 1.54) is 32.1 Å². The first-order valence-corrected chi connectivity index (χ1v) is 19.4. The monoisotopic (exact) mass is 780 g/mol. The second-order valence-electron chi connectivity index (χ2n) is 13.8. The van der Waals surface area contributed by atoms with Crippen LogP contribution in [0.5, 0.6) is 5.75 Å².